The number of rotatable bonds is 3. The molecular formula is C15H23N3O2. The minimum absolute atomic E-state index is 0.0999. The molecule has 2 aliphatic rings. The van der Waals surface area contributed by atoms with Gasteiger partial charge in [-0.05, 0) is 32.2 Å². The lowest BCUT2D eigenvalue weighted by molar-refractivity contribution is 0.0887. The molecular weight excluding hydrogens is 254 g/mol. The summed E-state index contributed by atoms with van der Waals surface area (Å²) >= 11 is 0. The molecule has 5 heteroatoms. The summed E-state index contributed by atoms with van der Waals surface area (Å²) in [7, 11) is 0. The largest absolute Gasteiger partial charge is 0.360 e. The van der Waals surface area contributed by atoms with Gasteiger partial charge in [-0.3, -0.25) is 4.79 Å². The van der Waals surface area contributed by atoms with Crippen molar-refractivity contribution in [3.63, 3.8) is 0 Å². The van der Waals surface area contributed by atoms with Gasteiger partial charge in [-0.25, -0.2) is 0 Å². The second-order valence-electron chi connectivity index (χ2n) is 6.30. The van der Waals surface area contributed by atoms with Crippen molar-refractivity contribution in [3.8, 4) is 0 Å². The maximum Gasteiger partial charge on any atom is 0.273 e. The normalized spacial score (nSPS) is 26.8. The first kappa shape index (κ1) is 13.6. The van der Waals surface area contributed by atoms with E-state index in [9.17, 15) is 4.79 Å². The summed E-state index contributed by atoms with van der Waals surface area (Å²) in [6, 6.07) is 2.70. The summed E-state index contributed by atoms with van der Waals surface area (Å²) < 4.78 is 5.19. The molecule has 2 saturated heterocycles. The molecule has 3 heterocycles. The van der Waals surface area contributed by atoms with Gasteiger partial charge in [0.15, 0.2) is 5.69 Å². The van der Waals surface area contributed by atoms with Crippen LogP contribution in [0, 0.1) is 0 Å². The Morgan fingerprint density at radius 2 is 2.30 bits per heavy atom. The SMILES string of the molecule is CC(C)c1cc(C(=O)NC2CCN3CCCC3C2)no1. The maximum atomic E-state index is 12.2. The Bertz CT molecular complexity index is 483. The van der Waals surface area contributed by atoms with E-state index >= 15 is 0 Å². The zero-order chi connectivity index (χ0) is 14.1. The smallest absolute Gasteiger partial charge is 0.273 e. The van der Waals surface area contributed by atoms with Crippen LogP contribution in [0.3, 0.4) is 0 Å². The number of carbonyl (C=O) groups is 1. The summed E-state index contributed by atoms with van der Waals surface area (Å²) in [5.41, 5.74) is 0.405. The van der Waals surface area contributed by atoms with Gasteiger partial charge < -0.3 is 14.7 Å². The Labute approximate surface area is 119 Å². The van der Waals surface area contributed by atoms with Crippen molar-refractivity contribution in [2.45, 2.75) is 57.5 Å². The second kappa shape index (κ2) is 5.56. The van der Waals surface area contributed by atoms with Crippen molar-refractivity contribution in [1.82, 2.24) is 15.4 Å². The lowest BCUT2D eigenvalue weighted by Crippen LogP contribution is -2.47. The van der Waals surface area contributed by atoms with Crippen molar-refractivity contribution < 1.29 is 9.32 Å². The standard InChI is InChI=1S/C15H23N3O2/c1-10(2)14-9-13(17-20-14)15(19)16-11-5-7-18-6-3-4-12(18)8-11/h9-12H,3-8H2,1-2H3,(H,16,19). The average Bonchev–Trinajstić information content (AvgIpc) is 3.07. The molecule has 0 aromatic carbocycles. The highest BCUT2D eigenvalue weighted by Crippen LogP contribution is 2.27. The quantitative estimate of drug-likeness (QED) is 0.919. The van der Waals surface area contributed by atoms with E-state index in [1.54, 1.807) is 6.07 Å². The predicted octanol–water partition coefficient (Wildman–Crippen LogP) is 2.15. The van der Waals surface area contributed by atoms with Gasteiger partial charge >= 0.3 is 0 Å². The fraction of sp³-hybridized carbons (Fsp3) is 0.733. The summed E-state index contributed by atoms with van der Waals surface area (Å²) in [6.07, 6.45) is 4.68. The van der Waals surface area contributed by atoms with E-state index in [4.69, 9.17) is 4.52 Å². The van der Waals surface area contributed by atoms with Gasteiger partial charge in [0.25, 0.3) is 5.91 Å². The molecule has 0 bridgehead atoms. The molecule has 1 aromatic heterocycles. The first-order valence-corrected chi connectivity index (χ1v) is 7.65. The maximum absolute atomic E-state index is 12.2. The van der Waals surface area contributed by atoms with Gasteiger partial charge in [0.2, 0.25) is 0 Å². The lowest BCUT2D eigenvalue weighted by Gasteiger charge is -2.34. The molecule has 2 unspecified atom stereocenters. The minimum atomic E-state index is -0.0999. The molecule has 2 atom stereocenters. The lowest BCUT2D eigenvalue weighted by atomic mass is 9.97. The summed E-state index contributed by atoms with van der Waals surface area (Å²) in [6.45, 7) is 6.38. The van der Waals surface area contributed by atoms with Crippen molar-refractivity contribution >= 4 is 5.91 Å². The van der Waals surface area contributed by atoms with Crippen LogP contribution in [-0.4, -0.2) is 41.1 Å². The Hall–Kier alpha value is -1.36. The molecule has 5 nitrogen and oxygen atoms in total. The molecule has 1 aromatic rings. The summed E-state index contributed by atoms with van der Waals surface area (Å²) in [5, 5.41) is 6.98. The summed E-state index contributed by atoms with van der Waals surface area (Å²) in [5.74, 6) is 0.920. The van der Waals surface area contributed by atoms with E-state index in [-0.39, 0.29) is 17.9 Å². The second-order valence-corrected chi connectivity index (χ2v) is 6.30. The molecule has 0 radical (unpaired) electrons. The van der Waals surface area contributed by atoms with Gasteiger partial charge in [-0.2, -0.15) is 0 Å². The molecule has 20 heavy (non-hydrogen) atoms. The number of nitrogens with one attached hydrogen (secondary N) is 1. The Morgan fingerprint density at radius 1 is 1.45 bits per heavy atom. The molecule has 1 N–H and O–H groups in total. The molecule has 110 valence electrons. The van der Waals surface area contributed by atoms with Crippen molar-refractivity contribution in [3.05, 3.63) is 17.5 Å². The van der Waals surface area contributed by atoms with Crippen molar-refractivity contribution in [2.75, 3.05) is 13.1 Å². The van der Waals surface area contributed by atoms with Crippen LogP contribution in [0.25, 0.3) is 0 Å². The first-order chi connectivity index (χ1) is 9.63. The highest BCUT2D eigenvalue weighted by atomic mass is 16.5. The van der Waals surface area contributed by atoms with E-state index in [0.717, 1.165) is 25.1 Å². The van der Waals surface area contributed by atoms with Crippen LogP contribution in [0.5, 0.6) is 0 Å². The third-order valence-electron chi connectivity index (χ3n) is 4.49. The Morgan fingerprint density at radius 3 is 3.05 bits per heavy atom. The topological polar surface area (TPSA) is 58.4 Å². The number of fused-ring (bicyclic) bond motifs is 1. The highest BCUT2D eigenvalue weighted by Gasteiger charge is 2.32. The van der Waals surface area contributed by atoms with Crippen LogP contribution >= 0.6 is 0 Å². The highest BCUT2D eigenvalue weighted by molar-refractivity contribution is 5.92. The number of hydrogen-bond donors (Lipinski definition) is 1. The third kappa shape index (κ3) is 2.73. The van der Waals surface area contributed by atoms with Crippen LogP contribution in [0.4, 0.5) is 0 Å². The zero-order valence-electron chi connectivity index (χ0n) is 12.3. The van der Waals surface area contributed by atoms with E-state index < -0.39 is 0 Å². The van der Waals surface area contributed by atoms with Crippen LogP contribution in [0.1, 0.15) is 61.7 Å². The van der Waals surface area contributed by atoms with E-state index in [0.29, 0.717) is 11.7 Å². The fourth-order valence-electron chi connectivity index (χ4n) is 3.28. The summed E-state index contributed by atoms with van der Waals surface area (Å²) in [4.78, 5) is 14.7. The minimum Gasteiger partial charge on any atom is -0.360 e. The molecule has 0 spiro atoms. The molecule has 0 saturated carbocycles. The number of nitrogens with zero attached hydrogens (tertiary/aromatic N) is 2. The molecule has 1 amide bonds. The Balaban J connectivity index is 1.58. The van der Waals surface area contributed by atoms with Crippen molar-refractivity contribution in [1.29, 1.82) is 0 Å². The van der Waals surface area contributed by atoms with Crippen LogP contribution in [-0.2, 0) is 0 Å². The molecule has 2 aliphatic heterocycles. The van der Waals surface area contributed by atoms with E-state index in [1.807, 2.05) is 13.8 Å². The van der Waals surface area contributed by atoms with Gasteiger partial charge in [0.05, 0.1) is 0 Å². The monoisotopic (exact) mass is 277 g/mol. The van der Waals surface area contributed by atoms with Gasteiger partial charge in [0.1, 0.15) is 5.76 Å². The average molecular weight is 277 g/mol. The zero-order valence-corrected chi connectivity index (χ0v) is 12.3. The number of piperidine rings is 1. The Kier molecular flexibility index (Phi) is 3.78. The number of amides is 1. The van der Waals surface area contributed by atoms with Gasteiger partial charge in [-0.15, -0.1) is 0 Å². The third-order valence-corrected chi connectivity index (χ3v) is 4.49. The molecule has 3 rings (SSSR count). The number of aromatic nitrogens is 1. The van der Waals surface area contributed by atoms with E-state index in [1.165, 1.54) is 19.4 Å². The fourth-order valence-corrected chi connectivity index (χ4v) is 3.28. The molecule has 0 aliphatic carbocycles. The van der Waals surface area contributed by atoms with Crippen LogP contribution in [0.15, 0.2) is 10.6 Å². The number of carbonyl (C=O) groups excluding carboxylic acids is 1. The first-order valence-electron chi connectivity index (χ1n) is 7.65. The van der Waals surface area contributed by atoms with Crippen molar-refractivity contribution in [2.24, 2.45) is 0 Å². The van der Waals surface area contributed by atoms with Crippen LogP contribution < -0.4 is 5.32 Å². The number of hydrogen-bond acceptors (Lipinski definition) is 4. The van der Waals surface area contributed by atoms with Gasteiger partial charge in [0, 0.05) is 30.6 Å². The van der Waals surface area contributed by atoms with Gasteiger partial charge in [-0.1, -0.05) is 19.0 Å². The molecule has 2 fully saturated rings. The van der Waals surface area contributed by atoms with Crippen LogP contribution in [0.2, 0.25) is 0 Å². The van der Waals surface area contributed by atoms with E-state index in [2.05, 4.69) is 15.4 Å². The predicted molar refractivity (Wildman–Crippen MR) is 75.7 cm³/mol.